The molecule has 0 aromatic heterocycles. The van der Waals surface area contributed by atoms with Crippen molar-refractivity contribution in [3.8, 4) is 6.07 Å². The van der Waals surface area contributed by atoms with Crippen LogP contribution in [0.3, 0.4) is 0 Å². The lowest BCUT2D eigenvalue weighted by Gasteiger charge is -2.36. The molecule has 1 aromatic rings. The largest absolute Gasteiger partial charge is 0.490 e. The lowest BCUT2D eigenvalue weighted by molar-refractivity contribution is -0.192. The van der Waals surface area contributed by atoms with Gasteiger partial charge in [0.1, 0.15) is 0 Å². The van der Waals surface area contributed by atoms with Crippen molar-refractivity contribution in [3.05, 3.63) is 35.4 Å². The highest BCUT2D eigenvalue weighted by molar-refractivity contribution is 5.73. The van der Waals surface area contributed by atoms with E-state index in [9.17, 15) is 13.2 Å². The van der Waals surface area contributed by atoms with Crippen LogP contribution in [0.15, 0.2) is 24.3 Å². The van der Waals surface area contributed by atoms with Crippen molar-refractivity contribution in [2.45, 2.75) is 57.2 Å². The number of halogens is 3. The Morgan fingerprint density at radius 3 is 2.72 bits per heavy atom. The molecular weight excluding hydrogens is 389 g/mol. The van der Waals surface area contributed by atoms with Crippen LogP contribution < -0.4 is 0 Å². The van der Waals surface area contributed by atoms with Crippen LogP contribution in [0.25, 0.3) is 0 Å². The first-order chi connectivity index (χ1) is 13.7. The average Bonchev–Trinajstić information content (AvgIpc) is 3.08. The zero-order chi connectivity index (χ0) is 21.4. The molecule has 0 spiro atoms. The van der Waals surface area contributed by atoms with Gasteiger partial charge in [0.15, 0.2) is 0 Å². The van der Waals surface area contributed by atoms with Crippen LogP contribution in [0.4, 0.5) is 13.2 Å². The van der Waals surface area contributed by atoms with Crippen molar-refractivity contribution in [3.63, 3.8) is 0 Å². The Morgan fingerprint density at radius 2 is 2.10 bits per heavy atom. The molecule has 3 rings (SSSR count). The number of nitriles is 1. The number of hydrogen-bond acceptors (Lipinski definition) is 5. The molecule has 0 bridgehead atoms. The van der Waals surface area contributed by atoms with Gasteiger partial charge >= 0.3 is 12.1 Å². The molecule has 2 heterocycles. The Hall–Kier alpha value is -2.15. The third kappa shape index (κ3) is 6.99. The highest BCUT2D eigenvalue weighted by Gasteiger charge is 2.39. The van der Waals surface area contributed by atoms with E-state index in [2.05, 4.69) is 17.0 Å². The minimum Gasteiger partial charge on any atom is -0.475 e. The van der Waals surface area contributed by atoms with E-state index in [1.807, 2.05) is 25.1 Å². The fourth-order valence-corrected chi connectivity index (χ4v) is 3.63. The van der Waals surface area contributed by atoms with Crippen LogP contribution in [0.2, 0.25) is 0 Å². The SMILES string of the molecule is CCOC[C@H]1CC[C@H]2[C@H](CCN2Cc2cccc(C#N)c2)O1.O=C(O)C(F)(F)F. The predicted octanol–water partition coefficient (Wildman–Crippen LogP) is 3.35. The number of carboxylic acid groups (broad SMARTS) is 1. The average molecular weight is 414 g/mol. The first-order valence-corrected chi connectivity index (χ1v) is 9.51. The zero-order valence-corrected chi connectivity index (χ0v) is 16.2. The molecule has 2 aliphatic rings. The van der Waals surface area contributed by atoms with Crippen molar-refractivity contribution < 1.29 is 32.5 Å². The van der Waals surface area contributed by atoms with Gasteiger partial charge in [-0.3, -0.25) is 4.90 Å². The normalized spacial score (nSPS) is 24.2. The number of ether oxygens (including phenoxy) is 2. The van der Waals surface area contributed by atoms with E-state index in [0.29, 0.717) is 12.1 Å². The summed E-state index contributed by atoms with van der Waals surface area (Å²) >= 11 is 0. The number of carboxylic acids is 1. The predicted molar refractivity (Wildman–Crippen MR) is 98.1 cm³/mol. The van der Waals surface area contributed by atoms with Crippen molar-refractivity contribution in [1.29, 1.82) is 5.26 Å². The molecule has 2 aliphatic heterocycles. The van der Waals surface area contributed by atoms with Crippen molar-refractivity contribution >= 4 is 5.97 Å². The van der Waals surface area contributed by atoms with E-state index in [4.69, 9.17) is 24.6 Å². The molecule has 1 N–H and O–H groups in total. The maximum absolute atomic E-state index is 10.6. The summed E-state index contributed by atoms with van der Waals surface area (Å²) in [5.41, 5.74) is 1.96. The first-order valence-electron chi connectivity index (χ1n) is 9.51. The summed E-state index contributed by atoms with van der Waals surface area (Å²) < 4.78 is 43.4. The van der Waals surface area contributed by atoms with Crippen molar-refractivity contribution in [1.82, 2.24) is 4.90 Å². The number of carbonyl (C=O) groups is 1. The first kappa shape index (κ1) is 23.1. The molecule has 9 heteroatoms. The molecule has 0 radical (unpaired) electrons. The molecule has 6 nitrogen and oxygen atoms in total. The molecule has 0 aliphatic carbocycles. The second-order valence-corrected chi connectivity index (χ2v) is 6.97. The summed E-state index contributed by atoms with van der Waals surface area (Å²) in [6.07, 6.45) is -1.11. The van der Waals surface area contributed by atoms with Gasteiger partial charge in [0.05, 0.1) is 30.4 Å². The highest BCUT2D eigenvalue weighted by Crippen LogP contribution is 2.32. The van der Waals surface area contributed by atoms with Gasteiger partial charge in [0.2, 0.25) is 0 Å². The number of rotatable bonds is 5. The smallest absolute Gasteiger partial charge is 0.475 e. The standard InChI is InChI=1S/C18H24N2O2.C2HF3O2/c1-2-21-13-16-6-7-17-18(22-16)8-9-20(17)12-15-5-3-4-14(10-15)11-19;3-2(4,5)1(6)7/h3-5,10,16-18H,2,6-9,12-13H2,1H3;(H,6,7)/t16-,17+,18+;/m1./s1. The number of nitrogens with zero attached hydrogens (tertiary/aromatic N) is 2. The van der Waals surface area contributed by atoms with Gasteiger partial charge in [-0.15, -0.1) is 0 Å². The number of hydrogen-bond donors (Lipinski definition) is 1. The van der Waals surface area contributed by atoms with E-state index >= 15 is 0 Å². The second kappa shape index (κ2) is 10.6. The molecule has 3 atom stereocenters. The fourth-order valence-electron chi connectivity index (χ4n) is 3.63. The quantitative estimate of drug-likeness (QED) is 0.796. The summed E-state index contributed by atoms with van der Waals surface area (Å²) in [5.74, 6) is -2.76. The van der Waals surface area contributed by atoms with Crippen molar-refractivity contribution in [2.75, 3.05) is 19.8 Å². The molecule has 1 aromatic carbocycles. The van der Waals surface area contributed by atoms with Gasteiger partial charge in [-0.05, 0) is 43.9 Å². The van der Waals surface area contributed by atoms with Crippen LogP contribution in [0.5, 0.6) is 0 Å². The van der Waals surface area contributed by atoms with E-state index in [-0.39, 0.29) is 6.10 Å². The van der Waals surface area contributed by atoms with Gasteiger partial charge in [-0.2, -0.15) is 18.4 Å². The molecule has 29 heavy (non-hydrogen) atoms. The van der Waals surface area contributed by atoms with Crippen LogP contribution in [0.1, 0.15) is 37.3 Å². The molecule has 0 saturated carbocycles. The van der Waals surface area contributed by atoms with Crippen LogP contribution in [-0.2, 0) is 20.8 Å². The minimum absolute atomic E-state index is 0.267. The van der Waals surface area contributed by atoms with Crippen LogP contribution in [-0.4, -0.2) is 60.2 Å². The summed E-state index contributed by atoms with van der Waals surface area (Å²) in [5, 5.41) is 16.1. The highest BCUT2D eigenvalue weighted by atomic mass is 19.4. The summed E-state index contributed by atoms with van der Waals surface area (Å²) in [6.45, 7) is 5.50. The summed E-state index contributed by atoms with van der Waals surface area (Å²) in [6, 6.07) is 10.7. The van der Waals surface area contributed by atoms with E-state index in [1.54, 1.807) is 0 Å². The maximum atomic E-state index is 10.6. The van der Waals surface area contributed by atoms with Crippen LogP contribution in [0, 0.1) is 11.3 Å². The number of aliphatic carboxylic acids is 1. The Kier molecular flexibility index (Phi) is 8.44. The third-order valence-corrected chi connectivity index (χ3v) is 4.94. The van der Waals surface area contributed by atoms with E-state index in [0.717, 1.165) is 44.7 Å². The summed E-state index contributed by atoms with van der Waals surface area (Å²) in [4.78, 5) is 11.4. The summed E-state index contributed by atoms with van der Waals surface area (Å²) in [7, 11) is 0. The number of likely N-dealkylation sites (tertiary alicyclic amines) is 1. The Morgan fingerprint density at radius 1 is 1.38 bits per heavy atom. The van der Waals surface area contributed by atoms with Gasteiger partial charge in [0.25, 0.3) is 0 Å². The van der Waals surface area contributed by atoms with Crippen LogP contribution >= 0.6 is 0 Å². The van der Waals surface area contributed by atoms with E-state index in [1.165, 1.54) is 12.0 Å². The molecule has 0 unspecified atom stereocenters. The molecule has 160 valence electrons. The van der Waals surface area contributed by atoms with Gasteiger partial charge in [-0.25, -0.2) is 4.79 Å². The minimum atomic E-state index is -5.08. The molecule has 2 saturated heterocycles. The third-order valence-electron chi connectivity index (χ3n) is 4.94. The maximum Gasteiger partial charge on any atom is 0.490 e. The monoisotopic (exact) mass is 414 g/mol. The van der Waals surface area contributed by atoms with Crippen molar-refractivity contribution in [2.24, 2.45) is 0 Å². The van der Waals surface area contributed by atoms with Gasteiger partial charge in [-0.1, -0.05) is 12.1 Å². The molecule has 0 amide bonds. The Bertz CT molecular complexity index is 720. The van der Waals surface area contributed by atoms with E-state index < -0.39 is 12.1 Å². The zero-order valence-electron chi connectivity index (χ0n) is 16.2. The number of alkyl halides is 3. The fraction of sp³-hybridized carbons (Fsp3) is 0.600. The van der Waals surface area contributed by atoms with Gasteiger partial charge in [0, 0.05) is 25.7 Å². The number of benzene rings is 1. The van der Waals surface area contributed by atoms with Gasteiger partial charge < -0.3 is 14.6 Å². The lowest BCUT2D eigenvalue weighted by atomic mass is 9.99. The Balaban J connectivity index is 0.000000370. The lowest BCUT2D eigenvalue weighted by Crippen LogP contribution is -2.43. The molecule has 2 fully saturated rings. The Labute approximate surface area is 167 Å². The number of fused-ring (bicyclic) bond motifs is 1. The second-order valence-electron chi connectivity index (χ2n) is 6.97. The topological polar surface area (TPSA) is 82.8 Å². The molecular formula is C20H25F3N2O4.